The lowest BCUT2D eigenvalue weighted by Crippen LogP contribution is -2.50. The van der Waals surface area contributed by atoms with Crippen molar-refractivity contribution in [1.29, 1.82) is 0 Å². The van der Waals surface area contributed by atoms with Crippen LogP contribution >= 0.6 is 0 Å². The average molecular weight is 402 g/mol. The maximum Gasteiger partial charge on any atom is 0.359 e. The van der Waals surface area contributed by atoms with Gasteiger partial charge in [-0.1, -0.05) is 38.1 Å². The third-order valence-electron chi connectivity index (χ3n) is 4.91. The molecule has 30 heavy (non-hydrogen) atoms. The van der Waals surface area contributed by atoms with Crippen molar-refractivity contribution < 1.29 is 4.57 Å². The number of benzene rings is 1. The summed E-state index contributed by atoms with van der Waals surface area (Å²) in [5.41, 5.74) is 4.89. The van der Waals surface area contributed by atoms with Crippen LogP contribution in [0.1, 0.15) is 63.2 Å². The number of pyridine rings is 1. The zero-order chi connectivity index (χ0) is 21.6. The first-order valence-corrected chi connectivity index (χ1v) is 10.4. The van der Waals surface area contributed by atoms with Crippen molar-refractivity contribution in [3.8, 4) is 0 Å². The van der Waals surface area contributed by atoms with Crippen LogP contribution in [-0.2, 0) is 5.79 Å². The summed E-state index contributed by atoms with van der Waals surface area (Å²) >= 11 is 0. The summed E-state index contributed by atoms with van der Waals surface area (Å²) in [5, 5.41) is 0. The quantitative estimate of drug-likeness (QED) is 0.595. The number of aliphatic imine (C=N–C) groups is 5. The molecular formula is C24H29N6+. The Morgan fingerprint density at radius 3 is 1.90 bits per heavy atom. The van der Waals surface area contributed by atoms with E-state index in [2.05, 4.69) is 54.7 Å². The zero-order valence-corrected chi connectivity index (χ0v) is 18.3. The minimum Gasteiger partial charge on any atom is -0.285 e. The van der Waals surface area contributed by atoms with Crippen LogP contribution in [-0.4, -0.2) is 37.2 Å². The van der Waals surface area contributed by atoms with Crippen LogP contribution in [0, 0.1) is 0 Å². The van der Waals surface area contributed by atoms with Crippen LogP contribution < -0.4 is 4.57 Å². The summed E-state index contributed by atoms with van der Waals surface area (Å²) in [6.45, 7) is 10.1. The molecule has 6 rings (SSSR count). The van der Waals surface area contributed by atoms with Gasteiger partial charge in [-0.05, 0) is 31.0 Å². The maximum absolute atomic E-state index is 4.35. The molecule has 1 aromatic heterocycles. The highest BCUT2D eigenvalue weighted by molar-refractivity contribution is 6.17. The molecule has 0 saturated carbocycles. The fourth-order valence-corrected chi connectivity index (χ4v) is 3.41. The van der Waals surface area contributed by atoms with E-state index in [-0.39, 0.29) is 12.0 Å². The predicted molar refractivity (Wildman–Crippen MR) is 126 cm³/mol. The van der Waals surface area contributed by atoms with Crippen molar-refractivity contribution in [3.05, 3.63) is 65.0 Å². The SMILES string of the molecule is CC.CC12N=Cc3cccc([n+]31)C=N2.CC1N=CC=N1.CC1N=Cc2ccccc21. The lowest BCUT2D eigenvalue weighted by atomic mass is 10.1. The third kappa shape index (κ3) is 4.48. The highest BCUT2D eigenvalue weighted by Crippen LogP contribution is 2.24. The first kappa shape index (κ1) is 21.4. The van der Waals surface area contributed by atoms with Crippen molar-refractivity contribution in [2.24, 2.45) is 25.0 Å². The van der Waals surface area contributed by atoms with E-state index >= 15 is 0 Å². The van der Waals surface area contributed by atoms with Crippen LogP contribution in [0.2, 0.25) is 0 Å². The minimum absolute atomic E-state index is 0.185. The van der Waals surface area contributed by atoms with Gasteiger partial charge in [0, 0.05) is 37.7 Å². The second-order valence-electron chi connectivity index (χ2n) is 7.01. The highest BCUT2D eigenvalue weighted by atomic mass is 15.4. The molecule has 1 atom stereocenters. The molecule has 0 bridgehead atoms. The van der Waals surface area contributed by atoms with Gasteiger partial charge in [0.1, 0.15) is 18.6 Å². The Hall–Kier alpha value is -3.28. The molecule has 154 valence electrons. The number of hydrogen-bond donors (Lipinski definition) is 0. The van der Waals surface area contributed by atoms with Crippen molar-refractivity contribution in [3.63, 3.8) is 0 Å². The second kappa shape index (κ2) is 9.48. The molecule has 2 aromatic rings. The van der Waals surface area contributed by atoms with E-state index in [4.69, 9.17) is 0 Å². The summed E-state index contributed by atoms with van der Waals surface area (Å²) < 4.78 is 2.13. The molecule has 1 aromatic carbocycles. The fraction of sp³-hybridized carbons (Fsp3) is 0.333. The Balaban J connectivity index is 0.000000129. The van der Waals surface area contributed by atoms with Crippen LogP contribution in [0.5, 0.6) is 0 Å². The van der Waals surface area contributed by atoms with E-state index in [0.717, 1.165) is 11.4 Å². The van der Waals surface area contributed by atoms with E-state index in [0.29, 0.717) is 6.04 Å². The molecule has 0 radical (unpaired) electrons. The van der Waals surface area contributed by atoms with E-state index in [1.165, 1.54) is 11.1 Å². The Bertz CT molecular complexity index is 987. The third-order valence-corrected chi connectivity index (χ3v) is 4.91. The Morgan fingerprint density at radius 2 is 1.37 bits per heavy atom. The molecule has 0 aliphatic carbocycles. The fourth-order valence-electron chi connectivity index (χ4n) is 3.41. The van der Waals surface area contributed by atoms with E-state index in [9.17, 15) is 0 Å². The number of fused-ring (bicyclic) bond motifs is 1. The summed E-state index contributed by atoms with van der Waals surface area (Å²) in [4.78, 5) is 20.7. The first-order chi connectivity index (χ1) is 14.6. The van der Waals surface area contributed by atoms with Gasteiger partial charge >= 0.3 is 5.79 Å². The highest BCUT2D eigenvalue weighted by Gasteiger charge is 2.44. The van der Waals surface area contributed by atoms with Crippen LogP contribution in [0.15, 0.2) is 67.4 Å². The monoisotopic (exact) mass is 401 g/mol. The summed E-state index contributed by atoms with van der Waals surface area (Å²) in [6, 6.07) is 14.8. The van der Waals surface area contributed by atoms with Crippen molar-refractivity contribution >= 4 is 31.1 Å². The van der Waals surface area contributed by atoms with Gasteiger partial charge in [-0.25, -0.2) is 0 Å². The van der Waals surface area contributed by atoms with Gasteiger partial charge in [0.15, 0.2) is 0 Å². The number of nitrogens with zero attached hydrogens (tertiary/aromatic N) is 6. The molecule has 0 saturated heterocycles. The lowest BCUT2D eigenvalue weighted by molar-refractivity contribution is -0.749. The molecule has 0 N–H and O–H groups in total. The molecule has 1 unspecified atom stereocenters. The molecule has 4 aliphatic rings. The largest absolute Gasteiger partial charge is 0.359 e. The van der Waals surface area contributed by atoms with Gasteiger partial charge in [0.25, 0.3) is 0 Å². The summed E-state index contributed by atoms with van der Waals surface area (Å²) in [7, 11) is 0. The van der Waals surface area contributed by atoms with Crippen molar-refractivity contribution in [2.45, 2.75) is 52.6 Å². The first-order valence-electron chi connectivity index (χ1n) is 10.4. The molecule has 0 spiro atoms. The number of aromatic nitrogens is 1. The molecule has 0 fully saturated rings. The molecule has 5 heterocycles. The van der Waals surface area contributed by atoms with Gasteiger partial charge in [-0.15, -0.1) is 4.57 Å². The lowest BCUT2D eigenvalue weighted by Gasteiger charge is -2.05. The van der Waals surface area contributed by atoms with Gasteiger partial charge in [-0.3, -0.25) is 15.0 Å². The molecule has 4 aliphatic heterocycles. The Morgan fingerprint density at radius 1 is 0.767 bits per heavy atom. The van der Waals surface area contributed by atoms with E-state index < -0.39 is 0 Å². The predicted octanol–water partition coefficient (Wildman–Crippen LogP) is 4.16. The van der Waals surface area contributed by atoms with E-state index in [1.54, 1.807) is 12.4 Å². The second-order valence-corrected chi connectivity index (χ2v) is 7.01. The Kier molecular flexibility index (Phi) is 6.77. The molecule has 6 nitrogen and oxygen atoms in total. The minimum atomic E-state index is -0.383. The van der Waals surface area contributed by atoms with Crippen LogP contribution in [0.25, 0.3) is 0 Å². The van der Waals surface area contributed by atoms with Crippen molar-refractivity contribution in [1.82, 2.24) is 0 Å². The van der Waals surface area contributed by atoms with Gasteiger partial charge in [-0.2, -0.15) is 9.98 Å². The summed E-state index contributed by atoms with van der Waals surface area (Å²) in [6.07, 6.45) is 9.31. The molecule has 0 amide bonds. The van der Waals surface area contributed by atoms with Crippen LogP contribution in [0.3, 0.4) is 0 Å². The molecular weight excluding hydrogens is 372 g/mol. The standard InChI is InChI=1S/C9H8N3.C9H9N.C4H6N2.C2H6/c1-9-10-5-7-3-2-4-8(6-11-9)12(7)9;1-7-9-5-3-2-4-8(9)6-10-7;1-4-5-2-3-6-4;1-2/h2-6H,1H3;2-7H,1H3;2-4H,1H3;1-2H3/q+1;;;. The topological polar surface area (TPSA) is 65.7 Å². The summed E-state index contributed by atoms with van der Waals surface area (Å²) in [5.74, 6) is -0.383. The zero-order valence-electron chi connectivity index (χ0n) is 18.3. The van der Waals surface area contributed by atoms with Crippen molar-refractivity contribution in [2.75, 3.05) is 0 Å². The van der Waals surface area contributed by atoms with Gasteiger partial charge < -0.3 is 0 Å². The Labute approximate surface area is 178 Å². The normalized spacial score (nSPS) is 19.3. The molecule has 6 heteroatoms. The number of hydrogen-bond acceptors (Lipinski definition) is 5. The van der Waals surface area contributed by atoms with Crippen LogP contribution in [0.4, 0.5) is 0 Å². The maximum atomic E-state index is 4.35. The van der Waals surface area contributed by atoms with E-state index in [1.807, 2.05) is 70.6 Å². The smallest absolute Gasteiger partial charge is 0.285 e. The average Bonchev–Trinajstić information content (AvgIpc) is 3.55. The van der Waals surface area contributed by atoms with Gasteiger partial charge in [0.2, 0.25) is 11.4 Å². The van der Waals surface area contributed by atoms with Gasteiger partial charge in [0.05, 0.1) is 6.04 Å². The number of rotatable bonds is 0.